The first-order valence-electron chi connectivity index (χ1n) is 6.32. The number of aromatic nitrogens is 5. The summed E-state index contributed by atoms with van der Waals surface area (Å²) in [5.74, 6) is 0.727. The second kappa shape index (κ2) is 5.94. The number of hydrogen-bond acceptors (Lipinski definition) is 5. The predicted molar refractivity (Wildman–Crippen MR) is 68.9 cm³/mol. The fourth-order valence-electron chi connectivity index (χ4n) is 1.67. The van der Waals surface area contributed by atoms with Crippen LogP contribution in [0.2, 0.25) is 0 Å². The van der Waals surface area contributed by atoms with Crippen molar-refractivity contribution < 1.29 is 9.47 Å². The fraction of sp³-hybridized carbons (Fsp3) is 0.583. The summed E-state index contributed by atoms with van der Waals surface area (Å²) in [7, 11) is 1.89. The Morgan fingerprint density at radius 2 is 1.95 bits per heavy atom. The lowest BCUT2D eigenvalue weighted by molar-refractivity contribution is -0.142. The molecule has 0 aliphatic carbocycles. The third kappa shape index (κ3) is 2.99. The minimum absolute atomic E-state index is 0.478. The Morgan fingerprint density at radius 1 is 1.26 bits per heavy atom. The van der Waals surface area contributed by atoms with Gasteiger partial charge in [-0.3, -0.25) is 4.68 Å². The summed E-state index contributed by atoms with van der Waals surface area (Å²) in [5.41, 5.74) is 1.70. The van der Waals surface area contributed by atoms with Gasteiger partial charge in [-0.15, -0.1) is 5.10 Å². The van der Waals surface area contributed by atoms with E-state index in [9.17, 15) is 0 Å². The van der Waals surface area contributed by atoms with Crippen molar-refractivity contribution in [3.05, 3.63) is 23.7 Å². The molecule has 2 aromatic heterocycles. The highest BCUT2D eigenvalue weighted by Crippen LogP contribution is 2.17. The van der Waals surface area contributed by atoms with Gasteiger partial charge < -0.3 is 9.47 Å². The molecule has 104 valence electrons. The molecule has 0 fully saturated rings. The second-order valence-corrected chi connectivity index (χ2v) is 4.10. The van der Waals surface area contributed by atoms with E-state index in [1.807, 2.05) is 33.9 Å². The van der Waals surface area contributed by atoms with Crippen LogP contribution in [0.3, 0.4) is 0 Å². The second-order valence-electron chi connectivity index (χ2n) is 4.10. The van der Waals surface area contributed by atoms with E-state index in [0.717, 1.165) is 11.5 Å². The van der Waals surface area contributed by atoms with Gasteiger partial charge in [0.25, 0.3) is 0 Å². The first kappa shape index (κ1) is 13.7. The predicted octanol–water partition coefficient (Wildman–Crippen LogP) is 1.38. The molecule has 7 heteroatoms. The normalized spacial score (nSPS) is 11.4. The largest absolute Gasteiger partial charge is 0.347 e. The van der Waals surface area contributed by atoms with Crippen LogP contribution in [0.25, 0.3) is 5.82 Å². The zero-order valence-corrected chi connectivity index (χ0v) is 11.7. The maximum Gasteiger partial charge on any atom is 0.204 e. The lowest BCUT2D eigenvalue weighted by atomic mass is 10.4. The Bertz CT molecular complexity index is 508. The van der Waals surface area contributed by atoms with E-state index < -0.39 is 6.29 Å². The Hall–Kier alpha value is -1.73. The van der Waals surface area contributed by atoms with E-state index in [2.05, 4.69) is 15.4 Å². The molecule has 0 bridgehead atoms. The molecule has 2 aromatic rings. The molecule has 19 heavy (non-hydrogen) atoms. The average Bonchev–Trinajstić information content (AvgIpc) is 2.97. The minimum atomic E-state index is -0.478. The zero-order chi connectivity index (χ0) is 13.8. The van der Waals surface area contributed by atoms with Crippen LogP contribution in [0.5, 0.6) is 0 Å². The molecule has 0 saturated carbocycles. The third-order valence-corrected chi connectivity index (χ3v) is 2.72. The minimum Gasteiger partial charge on any atom is -0.347 e. The molecule has 0 unspecified atom stereocenters. The van der Waals surface area contributed by atoms with Crippen molar-refractivity contribution in [2.45, 2.75) is 27.1 Å². The Kier molecular flexibility index (Phi) is 4.28. The molecule has 0 aliphatic heterocycles. The van der Waals surface area contributed by atoms with Crippen LogP contribution in [0.4, 0.5) is 0 Å². The molecule has 0 saturated heterocycles. The van der Waals surface area contributed by atoms with Crippen molar-refractivity contribution in [1.29, 1.82) is 0 Å². The maximum atomic E-state index is 5.48. The fourth-order valence-corrected chi connectivity index (χ4v) is 1.67. The number of ether oxygens (including phenoxy) is 2. The smallest absolute Gasteiger partial charge is 0.204 e. The molecule has 0 N–H and O–H groups in total. The average molecular weight is 265 g/mol. The number of aryl methyl sites for hydroxylation is 2. The summed E-state index contributed by atoms with van der Waals surface area (Å²) in [6, 6.07) is 1.94. The Morgan fingerprint density at radius 3 is 2.47 bits per heavy atom. The highest BCUT2D eigenvalue weighted by molar-refractivity contribution is 5.23. The SMILES string of the molecule is CCOC(OCC)c1cn(-c2cc(C)n(C)n2)nn1. The standard InChI is InChI=1S/C12H19N5O2/c1-5-18-12(19-6-2)10-8-17(15-13-10)11-7-9(3)16(4)14-11/h7-8,12H,5-6H2,1-4H3. The van der Waals surface area contributed by atoms with Crippen molar-refractivity contribution in [1.82, 2.24) is 24.8 Å². The maximum absolute atomic E-state index is 5.48. The monoisotopic (exact) mass is 265 g/mol. The van der Waals surface area contributed by atoms with Crippen molar-refractivity contribution >= 4 is 0 Å². The molecule has 0 spiro atoms. The highest BCUT2D eigenvalue weighted by atomic mass is 16.7. The van der Waals surface area contributed by atoms with E-state index in [1.54, 1.807) is 15.6 Å². The summed E-state index contributed by atoms with van der Waals surface area (Å²) in [6.45, 7) is 6.93. The van der Waals surface area contributed by atoms with Crippen LogP contribution in [0.1, 0.15) is 31.5 Å². The topological polar surface area (TPSA) is 67.0 Å². The quantitative estimate of drug-likeness (QED) is 0.738. The summed E-state index contributed by atoms with van der Waals surface area (Å²) < 4.78 is 14.4. The summed E-state index contributed by atoms with van der Waals surface area (Å²) in [5, 5.41) is 12.5. The third-order valence-electron chi connectivity index (χ3n) is 2.72. The first-order chi connectivity index (χ1) is 9.15. The van der Waals surface area contributed by atoms with Gasteiger partial charge in [0.2, 0.25) is 6.29 Å². The molecule has 0 aliphatic rings. The molecule has 0 amide bonds. The van der Waals surface area contributed by atoms with E-state index in [-0.39, 0.29) is 0 Å². The van der Waals surface area contributed by atoms with Crippen LogP contribution in [0, 0.1) is 6.92 Å². The van der Waals surface area contributed by atoms with Crippen molar-refractivity contribution in [3.63, 3.8) is 0 Å². The van der Waals surface area contributed by atoms with Gasteiger partial charge in [0.05, 0.1) is 6.20 Å². The summed E-state index contributed by atoms with van der Waals surface area (Å²) in [4.78, 5) is 0. The van der Waals surface area contributed by atoms with Gasteiger partial charge in [0, 0.05) is 32.0 Å². The number of rotatable bonds is 6. The van der Waals surface area contributed by atoms with Gasteiger partial charge >= 0.3 is 0 Å². The van der Waals surface area contributed by atoms with Crippen LogP contribution < -0.4 is 0 Å². The van der Waals surface area contributed by atoms with Crippen LogP contribution >= 0.6 is 0 Å². The molecule has 7 nitrogen and oxygen atoms in total. The van der Waals surface area contributed by atoms with Crippen LogP contribution in [0.15, 0.2) is 12.3 Å². The summed E-state index contributed by atoms with van der Waals surface area (Å²) in [6.07, 6.45) is 1.30. The van der Waals surface area contributed by atoms with Gasteiger partial charge in [-0.05, 0) is 20.8 Å². The molecular formula is C12H19N5O2. The van der Waals surface area contributed by atoms with Crippen molar-refractivity contribution in [3.8, 4) is 5.82 Å². The molecule has 2 rings (SSSR count). The molecular weight excluding hydrogens is 246 g/mol. The van der Waals surface area contributed by atoms with E-state index in [4.69, 9.17) is 9.47 Å². The van der Waals surface area contributed by atoms with Crippen molar-refractivity contribution in [2.24, 2.45) is 7.05 Å². The number of nitrogens with zero attached hydrogens (tertiary/aromatic N) is 5. The summed E-state index contributed by atoms with van der Waals surface area (Å²) >= 11 is 0. The van der Waals surface area contributed by atoms with E-state index in [1.165, 1.54) is 0 Å². The highest BCUT2D eigenvalue weighted by Gasteiger charge is 2.17. The lowest BCUT2D eigenvalue weighted by Gasteiger charge is -2.13. The Balaban J connectivity index is 2.21. The lowest BCUT2D eigenvalue weighted by Crippen LogP contribution is -2.09. The molecule has 0 radical (unpaired) electrons. The van der Waals surface area contributed by atoms with Crippen LogP contribution in [-0.2, 0) is 16.5 Å². The molecule has 0 atom stereocenters. The van der Waals surface area contributed by atoms with Gasteiger partial charge in [-0.1, -0.05) is 5.21 Å². The van der Waals surface area contributed by atoms with Gasteiger partial charge in [0.1, 0.15) is 5.69 Å². The first-order valence-corrected chi connectivity index (χ1v) is 6.32. The molecule has 0 aromatic carbocycles. The van der Waals surface area contributed by atoms with E-state index in [0.29, 0.717) is 18.9 Å². The van der Waals surface area contributed by atoms with Crippen LogP contribution in [-0.4, -0.2) is 38.0 Å². The van der Waals surface area contributed by atoms with Crippen molar-refractivity contribution in [2.75, 3.05) is 13.2 Å². The number of hydrogen-bond donors (Lipinski definition) is 0. The zero-order valence-electron chi connectivity index (χ0n) is 11.7. The van der Waals surface area contributed by atoms with E-state index >= 15 is 0 Å². The Labute approximate surface area is 112 Å². The molecule has 2 heterocycles. The van der Waals surface area contributed by atoms with Gasteiger partial charge in [0.15, 0.2) is 5.82 Å². The van der Waals surface area contributed by atoms with Gasteiger partial charge in [-0.2, -0.15) is 5.10 Å². The van der Waals surface area contributed by atoms with Gasteiger partial charge in [-0.25, -0.2) is 4.68 Å².